The highest BCUT2D eigenvalue weighted by Gasteiger charge is 2.33. The van der Waals surface area contributed by atoms with Gasteiger partial charge in [-0.2, -0.15) is 13.2 Å². The summed E-state index contributed by atoms with van der Waals surface area (Å²) in [5.74, 6) is -0.487. The number of nitrogens with one attached hydrogen (secondary N) is 1. The molecule has 3 N–H and O–H groups in total. The van der Waals surface area contributed by atoms with Crippen LogP contribution in [-0.2, 0) is 6.18 Å². The Morgan fingerprint density at radius 3 is 2.33 bits per heavy atom. The minimum atomic E-state index is -4.58. The molecule has 0 saturated carbocycles. The molecule has 3 aromatic rings. The maximum absolute atomic E-state index is 12.9. The van der Waals surface area contributed by atoms with E-state index in [1.54, 1.807) is 18.2 Å². The van der Waals surface area contributed by atoms with Gasteiger partial charge in [-0.15, -0.1) is 0 Å². The molecule has 0 spiro atoms. The van der Waals surface area contributed by atoms with E-state index in [4.69, 9.17) is 5.73 Å². The van der Waals surface area contributed by atoms with Crippen LogP contribution in [0.25, 0.3) is 10.8 Å². The van der Waals surface area contributed by atoms with Crippen molar-refractivity contribution in [1.82, 2.24) is 0 Å². The van der Waals surface area contributed by atoms with E-state index >= 15 is 0 Å². The monoisotopic (exact) mass is 330 g/mol. The van der Waals surface area contributed by atoms with Gasteiger partial charge in [-0.05, 0) is 41.1 Å². The zero-order valence-corrected chi connectivity index (χ0v) is 12.4. The molecule has 3 aromatic carbocycles. The van der Waals surface area contributed by atoms with Crippen molar-refractivity contribution in [1.29, 1.82) is 0 Å². The summed E-state index contributed by atoms with van der Waals surface area (Å²) < 4.78 is 38.6. The summed E-state index contributed by atoms with van der Waals surface area (Å²) in [7, 11) is 0. The summed E-state index contributed by atoms with van der Waals surface area (Å²) in [5.41, 5.74) is 4.39. The van der Waals surface area contributed by atoms with Crippen molar-refractivity contribution in [2.24, 2.45) is 0 Å². The summed E-state index contributed by atoms with van der Waals surface area (Å²) in [6.07, 6.45) is -4.58. The van der Waals surface area contributed by atoms with Gasteiger partial charge in [0.25, 0.3) is 5.91 Å². The second kappa shape index (κ2) is 5.88. The standard InChI is InChI=1S/C18H13F3N2O/c19-18(20,21)15-10-14(7-8-16(15)22)23-17(24)13-6-5-11-3-1-2-4-12(11)9-13/h1-10H,22H2,(H,23,24). The van der Waals surface area contributed by atoms with Crippen LogP contribution in [0, 0.1) is 0 Å². The first-order valence-electron chi connectivity index (χ1n) is 7.11. The molecule has 0 heterocycles. The molecule has 122 valence electrons. The Kier molecular flexibility index (Phi) is 3.89. The quantitative estimate of drug-likeness (QED) is 0.670. The van der Waals surface area contributed by atoms with Gasteiger partial charge < -0.3 is 11.1 Å². The number of alkyl halides is 3. The number of nitrogens with two attached hydrogens (primary N) is 1. The van der Waals surface area contributed by atoms with Crippen molar-refractivity contribution < 1.29 is 18.0 Å². The molecule has 0 unspecified atom stereocenters. The third-order valence-electron chi connectivity index (χ3n) is 3.63. The first-order chi connectivity index (χ1) is 11.3. The number of rotatable bonds is 2. The van der Waals surface area contributed by atoms with Crippen LogP contribution in [-0.4, -0.2) is 5.91 Å². The summed E-state index contributed by atoms with van der Waals surface area (Å²) in [6.45, 7) is 0. The van der Waals surface area contributed by atoms with Crippen LogP contribution in [0.1, 0.15) is 15.9 Å². The molecule has 0 aromatic heterocycles. The maximum Gasteiger partial charge on any atom is 0.418 e. The molecule has 0 aliphatic rings. The van der Waals surface area contributed by atoms with Gasteiger partial charge in [0.1, 0.15) is 0 Å². The lowest BCUT2D eigenvalue weighted by atomic mass is 10.1. The van der Waals surface area contributed by atoms with Crippen molar-refractivity contribution in [3.05, 3.63) is 71.8 Å². The molecule has 6 heteroatoms. The largest absolute Gasteiger partial charge is 0.418 e. The van der Waals surface area contributed by atoms with Crippen LogP contribution in [0.2, 0.25) is 0 Å². The van der Waals surface area contributed by atoms with Gasteiger partial charge in [-0.25, -0.2) is 0 Å². The molecule has 0 aliphatic heterocycles. The molecular weight excluding hydrogens is 317 g/mol. The Hall–Kier alpha value is -3.02. The van der Waals surface area contributed by atoms with Crippen molar-refractivity contribution in [2.75, 3.05) is 11.1 Å². The Morgan fingerprint density at radius 2 is 1.62 bits per heavy atom. The molecule has 0 saturated heterocycles. The van der Waals surface area contributed by atoms with Gasteiger partial charge in [0.15, 0.2) is 0 Å². The average molecular weight is 330 g/mol. The number of hydrogen-bond acceptors (Lipinski definition) is 2. The number of nitrogen functional groups attached to an aromatic ring is 1. The van der Waals surface area contributed by atoms with Crippen LogP contribution < -0.4 is 11.1 Å². The third kappa shape index (κ3) is 3.17. The van der Waals surface area contributed by atoms with E-state index < -0.39 is 17.6 Å². The number of hydrogen-bond donors (Lipinski definition) is 2. The van der Waals surface area contributed by atoms with E-state index in [1.807, 2.05) is 24.3 Å². The topological polar surface area (TPSA) is 55.1 Å². The molecular formula is C18H13F3N2O. The molecule has 0 aliphatic carbocycles. The number of anilines is 2. The maximum atomic E-state index is 12.9. The lowest BCUT2D eigenvalue weighted by Gasteiger charge is -2.12. The van der Waals surface area contributed by atoms with Gasteiger partial charge in [0, 0.05) is 16.9 Å². The van der Waals surface area contributed by atoms with Crippen LogP contribution in [0.4, 0.5) is 24.5 Å². The third-order valence-corrected chi connectivity index (χ3v) is 3.63. The summed E-state index contributed by atoms with van der Waals surface area (Å²) in [6, 6.07) is 15.9. The second-order valence-electron chi connectivity index (χ2n) is 5.32. The Balaban J connectivity index is 1.88. The number of amides is 1. The zero-order valence-electron chi connectivity index (χ0n) is 12.4. The van der Waals surface area contributed by atoms with Crippen LogP contribution in [0.5, 0.6) is 0 Å². The van der Waals surface area contributed by atoms with E-state index in [9.17, 15) is 18.0 Å². The molecule has 3 rings (SSSR count). The highest BCUT2D eigenvalue weighted by Crippen LogP contribution is 2.35. The summed E-state index contributed by atoms with van der Waals surface area (Å²) in [5, 5.41) is 4.31. The predicted octanol–water partition coefficient (Wildman–Crippen LogP) is 4.69. The minimum absolute atomic E-state index is 0.0367. The minimum Gasteiger partial charge on any atom is -0.398 e. The normalized spacial score (nSPS) is 11.5. The van der Waals surface area contributed by atoms with Gasteiger partial charge in [0.05, 0.1) is 5.56 Å². The first-order valence-corrected chi connectivity index (χ1v) is 7.11. The van der Waals surface area contributed by atoms with Crippen LogP contribution in [0.15, 0.2) is 60.7 Å². The highest BCUT2D eigenvalue weighted by molar-refractivity contribution is 6.06. The lowest BCUT2D eigenvalue weighted by molar-refractivity contribution is -0.136. The van der Waals surface area contributed by atoms with Gasteiger partial charge in [0.2, 0.25) is 0 Å². The van der Waals surface area contributed by atoms with Gasteiger partial charge >= 0.3 is 6.18 Å². The number of fused-ring (bicyclic) bond motifs is 1. The lowest BCUT2D eigenvalue weighted by Crippen LogP contribution is -2.14. The van der Waals surface area contributed by atoms with Gasteiger partial charge in [-0.3, -0.25) is 4.79 Å². The fourth-order valence-electron chi connectivity index (χ4n) is 2.41. The molecule has 0 radical (unpaired) electrons. The Bertz CT molecular complexity index is 920. The van der Waals surface area contributed by atoms with Crippen molar-refractivity contribution >= 4 is 28.1 Å². The summed E-state index contributed by atoms with van der Waals surface area (Å²) >= 11 is 0. The van der Waals surface area contributed by atoms with E-state index in [-0.39, 0.29) is 11.4 Å². The van der Waals surface area contributed by atoms with E-state index in [0.717, 1.165) is 22.9 Å². The first kappa shape index (κ1) is 15.9. The van der Waals surface area contributed by atoms with Crippen LogP contribution >= 0.6 is 0 Å². The number of carbonyl (C=O) groups is 1. The van der Waals surface area contributed by atoms with E-state index in [2.05, 4.69) is 5.32 Å². The Labute approximate surface area is 135 Å². The molecule has 24 heavy (non-hydrogen) atoms. The average Bonchev–Trinajstić information content (AvgIpc) is 2.55. The van der Waals surface area contributed by atoms with Crippen LogP contribution in [0.3, 0.4) is 0 Å². The molecule has 0 fully saturated rings. The van der Waals surface area contributed by atoms with Gasteiger partial charge in [-0.1, -0.05) is 30.3 Å². The number of halogens is 3. The number of carbonyl (C=O) groups excluding carboxylic acids is 1. The summed E-state index contributed by atoms with van der Waals surface area (Å²) in [4.78, 5) is 12.3. The Morgan fingerprint density at radius 1 is 0.917 bits per heavy atom. The molecule has 0 atom stereocenters. The molecule has 3 nitrogen and oxygen atoms in total. The van der Waals surface area contributed by atoms with Crippen molar-refractivity contribution in [3.8, 4) is 0 Å². The smallest absolute Gasteiger partial charge is 0.398 e. The van der Waals surface area contributed by atoms with E-state index in [0.29, 0.717) is 5.56 Å². The fourth-order valence-corrected chi connectivity index (χ4v) is 2.41. The van der Waals surface area contributed by atoms with E-state index in [1.165, 1.54) is 6.07 Å². The zero-order chi connectivity index (χ0) is 17.3. The second-order valence-corrected chi connectivity index (χ2v) is 5.32. The number of benzene rings is 3. The highest BCUT2D eigenvalue weighted by atomic mass is 19.4. The SMILES string of the molecule is Nc1ccc(NC(=O)c2ccc3ccccc3c2)cc1C(F)(F)F. The molecule has 1 amide bonds. The predicted molar refractivity (Wildman–Crippen MR) is 87.8 cm³/mol. The van der Waals surface area contributed by atoms with Crippen molar-refractivity contribution in [3.63, 3.8) is 0 Å². The fraction of sp³-hybridized carbons (Fsp3) is 0.0556. The molecule has 0 bridgehead atoms. The van der Waals surface area contributed by atoms with Crippen molar-refractivity contribution in [2.45, 2.75) is 6.18 Å².